The van der Waals surface area contributed by atoms with Gasteiger partial charge in [-0.15, -0.1) is 0 Å². The maximum absolute atomic E-state index is 11.1. The highest BCUT2D eigenvalue weighted by atomic mass is 16.4. The van der Waals surface area contributed by atoms with Gasteiger partial charge >= 0.3 is 6.09 Å². The molecule has 0 aromatic rings. The van der Waals surface area contributed by atoms with Gasteiger partial charge in [-0.05, 0) is 6.42 Å². The van der Waals surface area contributed by atoms with E-state index in [1.807, 2.05) is 0 Å². The fraction of sp³-hybridized carbons (Fsp3) is 0.500. The second-order valence-corrected chi connectivity index (χ2v) is 2.83. The minimum Gasteiger partial charge on any atom is -0.512 e. The van der Waals surface area contributed by atoms with Crippen LogP contribution in [0, 0.1) is 0 Å². The van der Waals surface area contributed by atoms with Gasteiger partial charge < -0.3 is 15.5 Å². The number of hydrogen-bond acceptors (Lipinski definition) is 3. The van der Waals surface area contributed by atoms with Crippen LogP contribution < -0.4 is 5.32 Å². The lowest BCUT2D eigenvalue weighted by Gasteiger charge is -2.01. The molecule has 0 aromatic carbocycles. The maximum Gasteiger partial charge on any atom is 0.404 e. The highest BCUT2D eigenvalue weighted by molar-refractivity contribution is 5.98. The highest BCUT2D eigenvalue weighted by Gasteiger charge is 2.21. The van der Waals surface area contributed by atoms with Gasteiger partial charge in [0, 0.05) is 25.0 Å². The minimum atomic E-state index is -1.12. The first-order valence-corrected chi connectivity index (χ1v) is 4.02. The molecule has 0 spiro atoms. The summed E-state index contributed by atoms with van der Waals surface area (Å²) in [6.45, 7) is 0.167. The number of carbonyl (C=O) groups excluding carboxylic acids is 1. The number of carbonyl (C=O) groups is 2. The molecule has 1 amide bonds. The Labute approximate surface area is 75.1 Å². The van der Waals surface area contributed by atoms with Crippen LogP contribution in [0.5, 0.6) is 0 Å². The Morgan fingerprint density at radius 2 is 2.15 bits per heavy atom. The molecule has 0 fully saturated rings. The number of amides is 1. The number of aliphatic hydroxyl groups excluding tert-OH is 1. The van der Waals surface area contributed by atoms with Crippen molar-refractivity contribution >= 4 is 11.9 Å². The molecule has 1 aliphatic carbocycles. The van der Waals surface area contributed by atoms with Crippen LogP contribution in [0.1, 0.15) is 19.3 Å². The minimum absolute atomic E-state index is 0.0790. The molecular weight excluding hydrogens is 174 g/mol. The summed E-state index contributed by atoms with van der Waals surface area (Å²) in [4.78, 5) is 21.1. The van der Waals surface area contributed by atoms with Gasteiger partial charge in [0.05, 0.1) is 5.76 Å². The van der Waals surface area contributed by atoms with E-state index in [-0.39, 0.29) is 24.5 Å². The van der Waals surface area contributed by atoms with Gasteiger partial charge in [-0.2, -0.15) is 0 Å². The van der Waals surface area contributed by atoms with Gasteiger partial charge in [-0.3, -0.25) is 4.79 Å². The van der Waals surface area contributed by atoms with Crippen LogP contribution >= 0.6 is 0 Å². The Kier molecular flexibility index (Phi) is 2.89. The summed E-state index contributed by atoms with van der Waals surface area (Å²) in [7, 11) is 0. The Bertz CT molecular complexity index is 269. The fourth-order valence-corrected chi connectivity index (χ4v) is 1.27. The van der Waals surface area contributed by atoms with Crippen molar-refractivity contribution in [3.05, 3.63) is 11.3 Å². The van der Waals surface area contributed by atoms with Gasteiger partial charge in [0.25, 0.3) is 0 Å². The monoisotopic (exact) mass is 185 g/mol. The van der Waals surface area contributed by atoms with E-state index in [2.05, 4.69) is 5.32 Å². The van der Waals surface area contributed by atoms with Gasteiger partial charge in [0.15, 0.2) is 5.78 Å². The summed E-state index contributed by atoms with van der Waals surface area (Å²) in [6, 6.07) is 0. The maximum atomic E-state index is 11.1. The van der Waals surface area contributed by atoms with E-state index < -0.39 is 6.09 Å². The smallest absolute Gasteiger partial charge is 0.404 e. The third kappa shape index (κ3) is 2.47. The molecule has 1 aliphatic rings. The molecule has 3 N–H and O–H groups in total. The van der Waals surface area contributed by atoms with Gasteiger partial charge in [-0.25, -0.2) is 4.79 Å². The topological polar surface area (TPSA) is 86.6 Å². The SMILES string of the molecule is O=C(O)NCCC1=C(O)CCC1=O. The highest BCUT2D eigenvalue weighted by Crippen LogP contribution is 2.22. The Hall–Kier alpha value is -1.52. The standard InChI is InChI=1S/C8H11NO4/c10-6-1-2-7(11)5(6)3-4-9-8(12)13/h9-10H,1-4H2,(H,12,13). The Morgan fingerprint density at radius 3 is 2.62 bits per heavy atom. The second kappa shape index (κ2) is 3.93. The Morgan fingerprint density at radius 1 is 1.46 bits per heavy atom. The molecule has 0 unspecified atom stereocenters. The number of allylic oxidation sites excluding steroid dienone is 1. The summed E-state index contributed by atoms with van der Waals surface area (Å²) in [5.74, 6) is 0.0295. The molecule has 0 aliphatic heterocycles. The van der Waals surface area contributed by atoms with E-state index in [1.165, 1.54) is 0 Å². The quantitative estimate of drug-likeness (QED) is 0.607. The van der Waals surface area contributed by atoms with Crippen LogP contribution in [-0.4, -0.2) is 28.6 Å². The number of nitrogens with one attached hydrogen (secondary N) is 1. The molecule has 0 saturated carbocycles. The normalized spacial score (nSPS) is 16.5. The lowest BCUT2D eigenvalue weighted by molar-refractivity contribution is -0.115. The van der Waals surface area contributed by atoms with Gasteiger partial charge in [0.1, 0.15) is 0 Å². The van der Waals surface area contributed by atoms with Gasteiger partial charge in [0.2, 0.25) is 0 Å². The van der Waals surface area contributed by atoms with Crippen LogP contribution in [0.4, 0.5) is 4.79 Å². The number of rotatable bonds is 3. The molecule has 5 heteroatoms. The zero-order valence-electron chi connectivity index (χ0n) is 7.04. The first-order valence-electron chi connectivity index (χ1n) is 4.02. The van der Waals surface area contributed by atoms with Crippen molar-refractivity contribution in [1.82, 2.24) is 5.32 Å². The van der Waals surface area contributed by atoms with Crippen molar-refractivity contribution in [2.45, 2.75) is 19.3 Å². The zero-order valence-corrected chi connectivity index (χ0v) is 7.04. The average molecular weight is 185 g/mol. The van der Waals surface area contributed by atoms with Gasteiger partial charge in [-0.1, -0.05) is 0 Å². The molecule has 0 atom stereocenters. The summed E-state index contributed by atoms with van der Waals surface area (Å²) >= 11 is 0. The molecule has 1 rings (SSSR count). The van der Waals surface area contributed by atoms with Crippen molar-refractivity contribution in [2.75, 3.05) is 6.54 Å². The van der Waals surface area contributed by atoms with Crippen molar-refractivity contribution < 1.29 is 19.8 Å². The molecule has 72 valence electrons. The number of aliphatic hydroxyl groups is 1. The van der Waals surface area contributed by atoms with Crippen LogP contribution in [0.2, 0.25) is 0 Å². The molecule has 13 heavy (non-hydrogen) atoms. The van der Waals surface area contributed by atoms with Crippen LogP contribution in [-0.2, 0) is 4.79 Å². The van der Waals surface area contributed by atoms with E-state index in [4.69, 9.17) is 5.11 Å². The number of hydrogen-bond donors (Lipinski definition) is 3. The number of Topliss-reactive ketones (excluding diaryl/α,β-unsaturated/α-hetero) is 1. The third-order valence-electron chi connectivity index (χ3n) is 1.93. The Balaban J connectivity index is 2.40. The summed E-state index contributed by atoms with van der Waals surface area (Å²) in [6.07, 6.45) is -0.113. The molecule has 0 saturated heterocycles. The van der Waals surface area contributed by atoms with Crippen LogP contribution in [0.15, 0.2) is 11.3 Å². The first kappa shape index (κ1) is 9.57. The second-order valence-electron chi connectivity index (χ2n) is 2.83. The summed E-state index contributed by atoms with van der Waals surface area (Å²) in [5, 5.41) is 19.6. The predicted octanol–water partition coefficient (Wildman–Crippen LogP) is 0.819. The fourth-order valence-electron chi connectivity index (χ4n) is 1.27. The summed E-state index contributed by atoms with van der Waals surface area (Å²) in [5.41, 5.74) is 0.369. The van der Waals surface area contributed by atoms with E-state index >= 15 is 0 Å². The van der Waals surface area contributed by atoms with Crippen molar-refractivity contribution in [3.8, 4) is 0 Å². The predicted molar refractivity (Wildman–Crippen MR) is 44.5 cm³/mol. The van der Waals surface area contributed by atoms with Crippen molar-refractivity contribution in [2.24, 2.45) is 0 Å². The van der Waals surface area contributed by atoms with E-state index in [1.54, 1.807) is 0 Å². The largest absolute Gasteiger partial charge is 0.512 e. The van der Waals surface area contributed by atoms with E-state index in [9.17, 15) is 14.7 Å². The molecule has 0 heterocycles. The van der Waals surface area contributed by atoms with Crippen LogP contribution in [0.25, 0.3) is 0 Å². The number of carboxylic acid groups (broad SMARTS) is 1. The summed E-state index contributed by atoms with van der Waals surface area (Å²) < 4.78 is 0. The molecule has 5 nitrogen and oxygen atoms in total. The third-order valence-corrected chi connectivity index (χ3v) is 1.93. The zero-order chi connectivity index (χ0) is 9.84. The lowest BCUT2D eigenvalue weighted by atomic mass is 10.1. The molecular formula is C8H11NO4. The first-order chi connectivity index (χ1) is 6.11. The average Bonchev–Trinajstić information content (AvgIpc) is 2.34. The number of ketones is 1. The molecule has 0 radical (unpaired) electrons. The van der Waals surface area contributed by atoms with E-state index in [0.717, 1.165) is 0 Å². The molecule has 0 aromatic heterocycles. The molecule has 0 bridgehead atoms. The van der Waals surface area contributed by atoms with Crippen molar-refractivity contribution in [1.29, 1.82) is 0 Å². The van der Waals surface area contributed by atoms with Crippen LogP contribution in [0.3, 0.4) is 0 Å². The van der Waals surface area contributed by atoms with Crippen molar-refractivity contribution in [3.63, 3.8) is 0 Å². The lowest BCUT2D eigenvalue weighted by Crippen LogP contribution is -2.22. The van der Waals surface area contributed by atoms with E-state index in [0.29, 0.717) is 18.4 Å².